The lowest BCUT2D eigenvalue weighted by molar-refractivity contribution is -0.120. The molecule has 2 N–H and O–H groups in total. The number of nitrogens with zero attached hydrogens (tertiary/aromatic N) is 1. The van der Waals surface area contributed by atoms with Crippen LogP contribution in [0, 0.1) is 0 Å². The Balaban J connectivity index is 1.69. The SMILES string of the molecule is O=C(Cc1c[nH]c2ncccc12)NC1C=CS(=O)(=O)C1. The van der Waals surface area contributed by atoms with Crippen LogP contribution in [-0.4, -0.2) is 36.1 Å². The second-order valence-electron chi connectivity index (χ2n) is 4.72. The summed E-state index contributed by atoms with van der Waals surface area (Å²) in [5, 5.41) is 4.74. The van der Waals surface area contributed by atoms with E-state index < -0.39 is 15.9 Å². The maximum Gasteiger partial charge on any atom is 0.224 e. The maximum absolute atomic E-state index is 11.9. The maximum atomic E-state index is 11.9. The Kier molecular flexibility index (Phi) is 3.06. The molecule has 1 amide bonds. The molecule has 6 nitrogen and oxygen atoms in total. The minimum atomic E-state index is -3.15. The normalized spacial score (nSPS) is 20.3. The van der Waals surface area contributed by atoms with E-state index in [4.69, 9.17) is 0 Å². The Bertz CT molecular complexity index is 792. The monoisotopic (exact) mass is 291 g/mol. The van der Waals surface area contributed by atoms with E-state index >= 15 is 0 Å². The van der Waals surface area contributed by atoms with Gasteiger partial charge in [0, 0.05) is 23.2 Å². The van der Waals surface area contributed by atoms with E-state index in [2.05, 4.69) is 15.3 Å². The topological polar surface area (TPSA) is 91.9 Å². The molecule has 1 aliphatic rings. The van der Waals surface area contributed by atoms with Gasteiger partial charge in [-0.1, -0.05) is 0 Å². The van der Waals surface area contributed by atoms with Gasteiger partial charge in [0.15, 0.2) is 9.84 Å². The highest BCUT2D eigenvalue weighted by Crippen LogP contribution is 2.16. The minimum Gasteiger partial charge on any atom is -0.349 e. The van der Waals surface area contributed by atoms with Crippen molar-refractivity contribution in [2.45, 2.75) is 12.5 Å². The predicted molar refractivity (Wildman–Crippen MR) is 74.7 cm³/mol. The number of carbonyl (C=O) groups is 1. The summed E-state index contributed by atoms with van der Waals surface area (Å²) in [7, 11) is -3.15. The number of rotatable bonds is 3. The summed E-state index contributed by atoms with van der Waals surface area (Å²) in [6.07, 6.45) is 5.12. The van der Waals surface area contributed by atoms with Crippen LogP contribution in [0.2, 0.25) is 0 Å². The van der Waals surface area contributed by atoms with Gasteiger partial charge in [0.2, 0.25) is 5.91 Å². The van der Waals surface area contributed by atoms with Crippen LogP contribution in [-0.2, 0) is 21.1 Å². The summed E-state index contributed by atoms with van der Waals surface area (Å²) in [5.41, 5.74) is 1.58. The quantitative estimate of drug-likeness (QED) is 0.863. The van der Waals surface area contributed by atoms with Gasteiger partial charge in [0.25, 0.3) is 0 Å². The lowest BCUT2D eigenvalue weighted by Gasteiger charge is -2.09. The molecule has 1 unspecified atom stereocenters. The van der Waals surface area contributed by atoms with E-state index in [0.29, 0.717) is 0 Å². The number of amides is 1. The van der Waals surface area contributed by atoms with Gasteiger partial charge in [-0.15, -0.1) is 0 Å². The number of hydrogen-bond acceptors (Lipinski definition) is 4. The first-order valence-corrected chi connectivity index (χ1v) is 7.86. The van der Waals surface area contributed by atoms with Gasteiger partial charge in [-0.3, -0.25) is 4.79 Å². The number of aromatic amines is 1. The second kappa shape index (κ2) is 4.75. The van der Waals surface area contributed by atoms with E-state index in [9.17, 15) is 13.2 Å². The summed E-state index contributed by atoms with van der Waals surface area (Å²) in [6, 6.07) is 3.27. The molecule has 7 heteroatoms. The molecule has 0 spiro atoms. The Hall–Kier alpha value is -2.15. The van der Waals surface area contributed by atoms with Crippen molar-refractivity contribution in [2.24, 2.45) is 0 Å². The molecule has 1 atom stereocenters. The molecule has 1 aliphatic heterocycles. The van der Waals surface area contributed by atoms with Crippen molar-refractivity contribution in [3.8, 4) is 0 Å². The standard InChI is InChI=1S/C13H13N3O3S/c17-12(16-10-3-5-20(18,19)8-10)6-9-7-15-13-11(9)2-1-4-14-13/h1-5,7,10H,6,8H2,(H,14,15)(H,16,17). The first-order chi connectivity index (χ1) is 9.53. The Morgan fingerprint density at radius 1 is 1.50 bits per heavy atom. The number of hydrogen-bond donors (Lipinski definition) is 2. The molecule has 0 radical (unpaired) electrons. The molecule has 3 rings (SSSR count). The van der Waals surface area contributed by atoms with Crippen molar-refractivity contribution in [1.82, 2.24) is 15.3 Å². The van der Waals surface area contributed by atoms with Crippen molar-refractivity contribution < 1.29 is 13.2 Å². The van der Waals surface area contributed by atoms with E-state index in [1.807, 2.05) is 12.1 Å². The number of fused-ring (bicyclic) bond motifs is 1. The summed E-state index contributed by atoms with van der Waals surface area (Å²) in [6.45, 7) is 0. The van der Waals surface area contributed by atoms with E-state index in [0.717, 1.165) is 22.0 Å². The van der Waals surface area contributed by atoms with Gasteiger partial charge >= 0.3 is 0 Å². The highest BCUT2D eigenvalue weighted by atomic mass is 32.2. The molecule has 104 valence electrons. The molecule has 0 aromatic carbocycles. The second-order valence-corrected chi connectivity index (χ2v) is 6.65. The Morgan fingerprint density at radius 2 is 2.35 bits per heavy atom. The molecule has 0 aliphatic carbocycles. The molecule has 2 aromatic rings. The summed E-state index contributed by atoms with van der Waals surface area (Å²) >= 11 is 0. The molecule has 20 heavy (non-hydrogen) atoms. The van der Waals surface area contributed by atoms with Gasteiger partial charge in [0.05, 0.1) is 18.2 Å². The van der Waals surface area contributed by atoms with Gasteiger partial charge in [-0.2, -0.15) is 0 Å². The van der Waals surface area contributed by atoms with E-state index in [1.54, 1.807) is 12.4 Å². The Morgan fingerprint density at radius 3 is 3.10 bits per heavy atom. The molecule has 0 saturated heterocycles. The van der Waals surface area contributed by atoms with Gasteiger partial charge in [0.1, 0.15) is 5.65 Å². The van der Waals surface area contributed by atoms with Crippen LogP contribution in [0.4, 0.5) is 0 Å². The van der Waals surface area contributed by atoms with E-state index in [1.165, 1.54) is 6.08 Å². The van der Waals surface area contributed by atoms with Gasteiger partial charge < -0.3 is 10.3 Å². The summed E-state index contributed by atoms with van der Waals surface area (Å²) < 4.78 is 22.5. The number of aromatic nitrogens is 2. The molecular formula is C13H13N3O3S. The number of nitrogens with one attached hydrogen (secondary N) is 2. The van der Waals surface area contributed by atoms with Gasteiger partial charge in [-0.25, -0.2) is 13.4 Å². The molecular weight excluding hydrogens is 278 g/mol. The third-order valence-corrected chi connectivity index (χ3v) is 4.56. The zero-order valence-electron chi connectivity index (χ0n) is 10.5. The molecule has 0 bridgehead atoms. The van der Waals surface area contributed by atoms with Crippen LogP contribution in [0.1, 0.15) is 5.56 Å². The van der Waals surface area contributed by atoms with Crippen LogP contribution < -0.4 is 5.32 Å². The fourth-order valence-corrected chi connectivity index (χ4v) is 3.49. The lowest BCUT2D eigenvalue weighted by atomic mass is 10.1. The number of H-pyrrole nitrogens is 1. The zero-order chi connectivity index (χ0) is 14.2. The molecule has 0 fully saturated rings. The van der Waals surface area contributed by atoms with Crippen molar-refractivity contribution in [3.05, 3.63) is 41.6 Å². The first kappa shape index (κ1) is 12.9. The van der Waals surface area contributed by atoms with Crippen LogP contribution in [0.25, 0.3) is 11.0 Å². The third kappa shape index (κ3) is 2.57. The zero-order valence-corrected chi connectivity index (χ0v) is 11.4. The molecule has 2 aromatic heterocycles. The van der Waals surface area contributed by atoms with Gasteiger partial charge in [-0.05, 0) is 23.8 Å². The molecule has 3 heterocycles. The van der Waals surface area contributed by atoms with Crippen molar-refractivity contribution in [1.29, 1.82) is 0 Å². The highest BCUT2D eigenvalue weighted by Gasteiger charge is 2.23. The smallest absolute Gasteiger partial charge is 0.224 e. The van der Waals surface area contributed by atoms with Crippen LogP contribution in [0.5, 0.6) is 0 Å². The van der Waals surface area contributed by atoms with Crippen LogP contribution in [0.15, 0.2) is 36.0 Å². The summed E-state index contributed by atoms with van der Waals surface area (Å²) in [4.78, 5) is 19.1. The fraction of sp³-hybridized carbons (Fsp3) is 0.231. The van der Waals surface area contributed by atoms with Crippen molar-refractivity contribution in [3.63, 3.8) is 0 Å². The first-order valence-electron chi connectivity index (χ1n) is 6.15. The molecule has 0 saturated carbocycles. The number of sulfone groups is 1. The van der Waals surface area contributed by atoms with E-state index in [-0.39, 0.29) is 18.1 Å². The van der Waals surface area contributed by atoms with Crippen LogP contribution >= 0.6 is 0 Å². The lowest BCUT2D eigenvalue weighted by Crippen LogP contribution is -2.36. The highest BCUT2D eigenvalue weighted by molar-refractivity contribution is 7.94. The number of pyridine rings is 1. The Labute approximate surface area is 115 Å². The minimum absolute atomic E-state index is 0.0613. The fourth-order valence-electron chi connectivity index (χ4n) is 2.26. The predicted octanol–water partition coefficient (Wildman–Crippen LogP) is 0.532. The average molecular weight is 291 g/mol. The van der Waals surface area contributed by atoms with Crippen molar-refractivity contribution in [2.75, 3.05) is 5.75 Å². The average Bonchev–Trinajstić information content (AvgIpc) is 2.94. The van der Waals surface area contributed by atoms with Crippen LogP contribution in [0.3, 0.4) is 0 Å². The number of carbonyl (C=O) groups excluding carboxylic acids is 1. The largest absolute Gasteiger partial charge is 0.349 e. The third-order valence-electron chi connectivity index (χ3n) is 3.16. The van der Waals surface area contributed by atoms with Crippen molar-refractivity contribution >= 4 is 26.8 Å². The summed E-state index contributed by atoms with van der Waals surface area (Å²) in [5.74, 6) is -0.268.